The van der Waals surface area contributed by atoms with Crippen LogP contribution in [0.5, 0.6) is 17.2 Å². The summed E-state index contributed by atoms with van der Waals surface area (Å²) in [5.74, 6) is 1.42. The molecule has 1 heterocycles. The van der Waals surface area contributed by atoms with Crippen LogP contribution in [-0.2, 0) is 0 Å². The molecule has 0 saturated heterocycles. The minimum atomic E-state index is -0.281. The van der Waals surface area contributed by atoms with Gasteiger partial charge >= 0.3 is 0 Å². The van der Waals surface area contributed by atoms with Gasteiger partial charge in [-0.1, -0.05) is 30.1 Å². The highest BCUT2D eigenvalue weighted by molar-refractivity contribution is 7.22. The van der Waals surface area contributed by atoms with E-state index in [1.54, 1.807) is 31.4 Å². The fourth-order valence-electron chi connectivity index (χ4n) is 2.39. The molecule has 1 aromatic heterocycles. The number of benzene rings is 2. The van der Waals surface area contributed by atoms with E-state index in [9.17, 15) is 4.79 Å². The Kier molecular flexibility index (Phi) is 5.38. The molecule has 6 nitrogen and oxygen atoms in total. The number of para-hydroxylation sites is 1. The van der Waals surface area contributed by atoms with E-state index in [2.05, 4.69) is 16.9 Å². The predicted octanol–water partition coefficient (Wildman–Crippen LogP) is 4.13. The first-order valence-electron chi connectivity index (χ1n) is 7.83. The van der Waals surface area contributed by atoms with Gasteiger partial charge in [0.05, 0.1) is 18.9 Å². The molecule has 0 aliphatic carbocycles. The van der Waals surface area contributed by atoms with Crippen molar-refractivity contribution in [2.45, 2.75) is 0 Å². The van der Waals surface area contributed by atoms with Gasteiger partial charge in [-0.05, 0) is 30.3 Å². The van der Waals surface area contributed by atoms with Gasteiger partial charge in [-0.15, -0.1) is 0 Å². The van der Waals surface area contributed by atoms with Crippen LogP contribution in [0.4, 0.5) is 5.13 Å². The lowest BCUT2D eigenvalue weighted by atomic mass is 10.2. The Hall–Kier alpha value is -3.06. The van der Waals surface area contributed by atoms with Crippen molar-refractivity contribution in [2.75, 3.05) is 26.1 Å². The molecule has 1 N–H and O–H groups in total. The van der Waals surface area contributed by atoms with E-state index in [1.165, 1.54) is 18.4 Å². The summed E-state index contributed by atoms with van der Waals surface area (Å²) in [4.78, 5) is 17.0. The maximum Gasteiger partial charge on any atom is 0.257 e. The van der Waals surface area contributed by atoms with Crippen molar-refractivity contribution < 1.29 is 19.0 Å². The Morgan fingerprint density at radius 3 is 2.73 bits per heavy atom. The highest BCUT2D eigenvalue weighted by atomic mass is 32.1. The van der Waals surface area contributed by atoms with Crippen molar-refractivity contribution in [3.8, 4) is 17.2 Å². The first-order valence-corrected chi connectivity index (χ1v) is 8.64. The summed E-state index contributed by atoms with van der Waals surface area (Å²) < 4.78 is 17.0. The van der Waals surface area contributed by atoms with Gasteiger partial charge in [0, 0.05) is 5.56 Å². The number of anilines is 1. The number of nitrogens with one attached hydrogen (secondary N) is 1. The molecule has 1 amide bonds. The Morgan fingerprint density at radius 1 is 1.19 bits per heavy atom. The van der Waals surface area contributed by atoms with E-state index in [0.29, 0.717) is 34.6 Å². The number of aromatic nitrogens is 1. The second-order valence-electron chi connectivity index (χ2n) is 5.25. The number of methoxy groups -OCH3 is 2. The maximum atomic E-state index is 12.6. The lowest BCUT2D eigenvalue weighted by Crippen LogP contribution is -2.12. The molecule has 3 aromatic rings. The van der Waals surface area contributed by atoms with Crippen LogP contribution in [0.2, 0.25) is 0 Å². The number of carbonyl (C=O) groups is 1. The Morgan fingerprint density at radius 2 is 2.00 bits per heavy atom. The Bertz CT molecular complexity index is 952. The van der Waals surface area contributed by atoms with Gasteiger partial charge in [0.25, 0.3) is 5.91 Å². The van der Waals surface area contributed by atoms with Crippen LogP contribution in [0, 0.1) is 0 Å². The highest BCUT2D eigenvalue weighted by Crippen LogP contribution is 2.33. The van der Waals surface area contributed by atoms with Gasteiger partial charge in [-0.3, -0.25) is 10.1 Å². The van der Waals surface area contributed by atoms with Crippen molar-refractivity contribution in [1.29, 1.82) is 0 Å². The van der Waals surface area contributed by atoms with Crippen LogP contribution < -0.4 is 19.5 Å². The molecule has 0 spiro atoms. The monoisotopic (exact) mass is 370 g/mol. The van der Waals surface area contributed by atoms with E-state index >= 15 is 0 Å². The number of carbonyl (C=O) groups excluding carboxylic acids is 1. The molecule has 26 heavy (non-hydrogen) atoms. The van der Waals surface area contributed by atoms with Crippen LogP contribution in [0.1, 0.15) is 10.4 Å². The summed E-state index contributed by atoms with van der Waals surface area (Å²) in [6.07, 6.45) is 1.64. The van der Waals surface area contributed by atoms with Gasteiger partial charge in [-0.25, -0.2) is 4.98 Å². The third-order valence-corrected chi connectivity index (χ3v) is 4.54. The van der Waals surface area contributed by atoms with Crippen molar-refractivity contribution >= 4 is 32.6 Å². The van der Waals surface area contributed by atoms with Gasteiger partial charge in [0.15, 0.2) is 16.6 Å². The number of nitrogens with zero attached hydrogens (tertiary/aromatic N) is 1. The van der Waals surface area contributed by atoms with Gasteiger partial charge in [-0.2, -0.15) is 0 Å². The molecule has 0 aliphatic rings. The van der Waals surface area contributed by atoms with E-state index < -0.39 is 0 Å². The Balaban J connectivity index is 1.82. The van der Waals surface area contributed by atoms with E-state index in [-0.39, 0.29) is 5.91 Å². The number of hydrogen-bond donors (Lipinski definition) is 1. The standard InChI is InChI=1S/C19H18N2O4S/c1-4-10-25-13-9-8-12(11-15(13)24-3)18(22)21-19-20-17-14(23-2)6-5-7-16(17)26-19/h4-9,11H,1,10H2,2-3H3,(H,20,21,22). The molecule has 134 valence electrons. The molecule has 0 bridgehead atoms. The Labute approximate surface area is 155 Å². The molecule has 0 saturated carbocycles. The summed E-state index contributed by atoms with van der Waals surface area (Å²) in [5.41, 5.74) is 1.17. The summed E-state index contributed by atoms with van der Waals surface area (Å²) in [6, 6.07) is 10.6. The number of fused-ring (bicyclic) bond motifs is 1. The first-order chi connectivity index (χ1) is 12.7. The number of amides is 1. The predicted molar refractivity (Wildman–Crippen MR) is 103 cm³/mol. The lowest BCUT2D eigenvalue weighted by molar-refractivity contribution is 0.102. The van der Waals surface area contributed by atoms with Crippen molar-refractivity contribution in [1.82, 2.24) is 4.98 Å². The van der Waals surface area contributed by atoms with Gasteiger partial charge in [0.2, 0.25) is 0 Å². The summed E-state index contributed by atoms with van der Waals surface area (Å²) in [6.45, 7) is 3.97. The summed E-state index contributed by atoms with van der Waals surface area (Å²) in [7, 11) is 3.12. The molecule has 7 heteroatoms. The molecule has 3 rings (SSSR count). The van der Waals surface area contributed by atoms with Crippen LogP contribution in [-0.4, -0.2) is 31.7 Å². The zero-order chi connectivity index (χ0) is 18.5. The minimum absolute atomic E-state index is 0.281. The number of hydrogen-bond acceptors (Lipinski definition) is 6. The van der Waals surface area contributed by atoms with Crippen LogP contribution in [0.3, 0.4) is 0 Å². The number of ether oxygens (including phenoxy) is 3. The van der Waals surface area contributed by atoms with Gasteiger partial charge < -0.3 is 14.2 Å². The largest absolute Gasteiger partial charge is 0.494 e. The maximum absolute atomic E-state index is 12.6. The smallest absolute Gasteiger partial charge is 0.257 e. The fraction of sp³-hybridized carbons (Fsp3) is 0.158. The second kappa shape index (κ2) is 7.88. The summed E-state index contributed by atoms with van der Waals surface area (Å²) in [5, 5.41) is 3.31. The fourth-order valence-corrected chi connectivity index (χ4v) is 3.27. The molecular formula is C19H18N2O4S. The molecule has 0 aliphatic heterocycles. The topological polar surface area (TPSA) is 69.7 Å². The molecule has 2 aromatic carbocycles. The lowest BCUT2D eigenvalue weighted by Gasteiger charge is -2.10. The second-order valence-corrected chi connectivity index (χ2v) is 6.28. The SMILES string of the molecule is C=CCOc1ccc(C(=O)Nc2nc3c(OC)cccc3s2)cc1OC. The van der Waals surface area contributed by atoms with E-state index in [4.69, 9.17) is 14.2 Å². The van der Waals surface area contributed by atoms with Crippen molar-refractivity contribution in [2.24, 2.45) is 0 Å². The van der Waals surface area contributed by atoms with E-state index in [0.717, 1.165) is 10.2 Å². The van der Waals surface area contributed by atoms with Crippen LogP contribution in [0.15, 0.2) is 49.1 Å². The highest BCUT2D eigenvalue weighted by Gasteiger charge is 2.14. The summed E-state index contributed by atoms with van der Waals surface area (Å²) >= 11 is 1.38. The molecule has 0 atom stereocenters. The average Bonchev–Trinajstić information content (AvgIpc) is 3.08. The minimum Gasteiger partial charge on any atom is -0.494 e. The third kappa shape index (κ3) is 3.62. The van der Waals surface area contributed by atoms with E-state index in [1.807, 2.05) is 18.2 Å². The first kappa shape index (κ1) is 17.8. The average molecular weight is 370 g/mol. The molecule has 0 radical (unpaired) electrons. The quantitative estimate of drug-likeness (QED) is 0.633. The molecule has 0 unspecified atom stereocenters. The normalized spacial score (nSPS) is 10.4. The van der Waals surface area contributed by atoms with Crippen LogP contribution in [0.25, 0.3) is 10.2 Å². The molecule has 0 fully saturated rings. The van der Waals surface area contributed by atoms with Gasteiger partial charge in [0.1, 0.15) is 17.9 Å². The zero-order valence-corrected chi connectivity index (χ0v) is 15.3. The van der Waals surface area contributed by atoms with Crippen LogP contribution >= 0.6 is 11.3 Å². The zero-order valence-electron chi connectivity index (χ0n) is 14.4. The van der Waals surface area contributed by atoms with Crippen molar-refractivity contribution in [3.63, 3.8) is 0 Å². The molecular weight excluding hydrogens is 352 g/mol. The van der Waals surface area contributed by atoms with Crippen molar-refractivity contribution in [3.05, 3.63) is 54.6 Å². The number of rotatable bonds is 7. The third-order valence-electron chi connectivity index (χ3n) is 3.60. The number of thiazole rings is 1.